The van der Waals surface area contributed by atoms with Crippen molar-refractivity contribution in [1.82, 2.24) is 39.9 Å². The van der Waals surface area contributed by atoms with Gasteiger partial charge in [-0.2, -0.15) is 21.0 Å². The summed E-state index contributed by atoms with van der Waals surface area (Å²) >= 11 is 0. The number of benzene rings is 4. The number of fused-ring (bicyclic) bond motifs is 4. The van der Waals surface area contributed by atoms with Crippen molar-refractivity contribution in [2.45, 2.75) is 103 Å². The van der Waals surface area contributed by atoms with Gasteiger partial charge >= 0.3 is 84.2 Å². The minimum absolute atomic E-state index is 0. The third-order valence-corrected chi connectivity index (χ3v) is 32.8. The number of allylic oxidation sites excluding steroid dienone is 2. The number of rotatable bonds is 12. The first-order chi connectivity index (χ1) is 62.9. The molecule has 0 saturated heterocycles. The number of nitriles is 4. The Morgan fingerprint density at radius 1 is 0.233 bits per heavy atom. The van der Waals surface area contributed by atoms with E-state index in [0.29, 0.717) is 0 Å². The number of nitrogens with zero attached hydrogens (tertiary/aromatic N) is 14. The van der Waals surface area contributed by atoms with Crippen LogP contribution in [0.5, 0.6) is 0 Å². The number of hydrogen-bond donors (Lipinski definition) is 0. The molecule has 1 radical (unpaired) electrons. The number of pyridine rings is 8. The largest absolute Gasteiger partial charge is 1.00 e. The molecule has 0 atom stereocenters. The van der Waals surface area contributed by atoms with Crippen LogP contribution in [0.15, 0.2) is 328 Å². The monoisotopic (exact) mass is 2050 g/mol. The van der Waals surface area contributed by atoms with E-state index in [9.17, 15) is 25.2 Å². The summed E-state index contributed by atoms with van der Waals surface area (Å²) in [6.45, 7) is 0. The molecule has 14 nitrogen and oxygen atoms in total. The second kappa shape index (κ2) is 48.7. The van der Waals surface area contributed by atoms with Crippen molar-refractivity contribution in [1.29, 1.82) is 21.0 Å². The van der Waals surface area contributed by atoms with Crippen LogP contribution in [0.3, 0.4) is 0 Å². The number of halogens is 6. The molecule has 0 fully saturated rings. The molecule has 0 spiro atoms. The molecule has 16 aromatic rings. The van der Waals surface area contributed by atoms with Gasteiger partial charge in [-0.15, -0.1) is 0 Å². The topological polar surface area (TPSA) is 243 Å². The van der Waals surface area contributed by atoms with E-state index in [4.69, 9.17) is 71.7 Å². The molecule has 681 valence electrons. The average molecular weight is 2050 g/mol. The standard InChI is InChI=1S/4C24H21N2P.2C4N3.4Cu.F6P/c4*1-2-10-18(11-3-1)27-23(21-14-6-8-16-25-21)19-12-4-5-13-20(19)24(27)22-15-7-9-17-26-22;2*5-1-4(2-6)3-7;;;;;1-7(2,3,4,5)6/h4*1-3,6-11,14-17H,4-5,12-13H2;;;;;;;/q;;;;2*-1;;3*+1;-1. The summed E-state index contributed by atoms with van der Waals surface area (Å²) in [5, 5.41) is 63.9. The third-order valence-electron chi connectivity index (χ3n) is 21.9. The summed E-state index contributed by atoms with van der Waals surface area (Å²) < 4.78 is 59.2. The van der Waals surface area contributed by atoms with Gasteiger partial charge in [0.15, 0.2) is 0 Å². The zero-order valence-corrected chi connectivity index (χ0v) is 79.5. The smallest absolute Gasteiger partial charge is 0.762 e. The Kier molecular flexibility index (Phi) is 37.8. The molecule has 4 aromatic carbocycles. The van der Waals surface area contributed by atoms with Crippen LogP contribution in [-0.4, -0.2) is 51.6 Å². The normalized spacial score (nSPS) is 12.6. The van der Waals surface area contributed by atoms with Crippen LogP contribution in [0.2, 0.25) is 0 Å². The molecule has 0 saturated carbocycles. The van der Waals surface area contributed by atoms with E-state index >= 15 is 0 Å². The van der Waals surface area contributed by atoms with Crippen LogP contribution in [0.25, 0.3) is 120 Å². The van der Waals surface area contributed by atoms with Crippen molar-refractivity contribution >= 4 is 49.7 Å². The van der Waals surface area contributed by atoms with Crippen molar-refractivity contribution in [3.63, 3.8) is 0 Å². The van der Waals surface area contributed by atoms with Gasteiger partial charge in [-0.05, 0) is 266 Å². The predicted molar refractivity (Wildman–Crippen MR) is 514 cm³/mol. The van der Waals surface area contributed by atoms with E-state index in [2.05, 4.69) is 218 Å². The molecule has 12 aromatic heterocycles. The summed E-state index contributed by atoms with van der Waals surface area (Å²) in [6, 6.07) is 99.7. The van der Waals surface area contributed by atoms with Crippen molar-refractivity contribution in [2.24, 2.45) is 0 Å². The van der Waals surface area contributed by atoms with E-state index < -0.39 is 49.1 Å². The van der Waals surface area contributed by atoms with E-state index in [-0.39, 0.29) is 68.3 Å². The van der Waals surface area contributed by atoms with Crippen LogP contribution in [-0.2, 0) is 120 Å². The Morgan fingerprint density at radius 3 is 0.459 bits per heavy atom. The Hall–Kier alpha value is -11.9. The Balaban J connectivity index is 0.000000169. The van der Waals surface area contributed by atoms with E-state index in [1.54, 1.807) is 0 Å². The maximum atomic E-state index is 9.87. The molecule has 0 unspecified atom stereocenters. The van der Waals surface area contributed by atoms with Gasteiger partial charge in [-0.1, -0.05) is 200 Å². The van der Waals surface area contributed by atoms with Crippen LogP contribution in [0.4, 0.5) is 25.2 Å². The van der Waals surface area contributed by atoms with Gasteiger partial charge in [0.05, 0.1) is 45.6 Å². The molecule has 0 N–H and O–H groups in total. The zero-order valence-electron chi connectivity index (χ0n) is 71.3. The molecule has 12 heterocycles. The molecular formula is C104H84Cu4F6N14P5. The first kappa shape index (κ1) is 103. The van der Waals surface area contributed by atoms with Crippen LogP contribution in [0.1, 0.15) is 95.9 Å². The Bertz CT molecular complexity index is 5770. The van der Waals surface area contributed by atoms with Gasteiger partial charge < -0.3 is 10.8 Å². The Labute approximate surface area is 816 Å². The molecule has 20 rings (SSSR count). The van der Waals surface area contributed by atoms with Crippen molar-refractivity contribution < 1.29 is 93.5 Å². The van der Waals surface area contributed by atoms with E-state index in [1.165, 1.54) is 195 Å². The molecule has 0 bridgehead atoms. The second-order valence-electron chi connectivity index (χ2n) is 30.2. The van der Waals surface area contributed by atoms with Crippen LogP contribution < -0.4 is 0 Å². The van der Waals surface area contributed by atoms with Gasteiger partial charge in [-0.3, -0.25) is 39.9 Å². The SMILES string of the molecule is F[P-](F)(F)(F)(F)F.N#CC(=C=[N-])C#N.N#CC(=C=[N-])C#N.[Cu+].[Cu+].[Cu+].[Cu].c1ccc(-p2c(-c3ccccn3)c3c(c2-c2ccccn2)CCCC3)cc1.c1ccc(-p2c(-c3ccccn3)c3c(c2-c2ccccn2)CCCC3)cc1.c1ccc(-p2c(-c3ccccn3)c3c(c2-c2ccccn2)CCCC3)cc1.c1ccc(-p2c(-c3ccccn3)c3c(c2-c2ccccn2)CCCC3)cc1. The minimum atomic E-state index is -10.7. The van der Waals surface area contributed by atoms with Crippen molar-refractivity contribution in [3.05, 3.63) is 383 Å². The number of aromatic nitrogens is 8. The molecule has 4 aliphatic carbocycles. The van der Waals surface area contributed by atoms with Gasteiger partial charge in [0.1, 0.15) is 35.4 Å². The van der Waals surface area contributed by atoms with Gasteiger partial charge in [0.2, 0.25) is 0 Å². The fourth-order valence-corrected chi connectivity index (χ4v) is 28.8. The quantitative estimate of drug-likeness (QED) is 0.0364. The van der Waals surface area contributed by atoms with Gasteiger partial charge in [0, 0.05) is 109 Å². The van der Waals surface area contributed by atoms with Crippen LogP contribution >= 0.6 is 37.9 Å². The zero-order chi connectivity index (χ0) is 90.0. The van der Waals surface area contributed by atoms with Crippen molar-refractivity contribution in [2.75, 3.05) is 0 Å². The predicted octanol–water partition coefficient (Wildman–Crippen LogP) is 30.4. The Morgan fingerprint density at radius 2 is 0.361 bits per heavy atom. The molecule has 4 aliphatic rings. The summed E-state index contributed by atoms with van der Waals surface area (Å²) in [7, 11) is -13.2. The second-order valence-corrected chi connectivity index (χ2v) is 40.5. The first-order valence-electron chi connectivity index (χ1n) is 42.2. The molecule has 133 heavy (non-hydrogen) atoms. The van der Waals surface area contributed by atoms with Crippen LogP contribution in [0, 0.1) is 45.3 Å². The molecule has 0 amide bonds. The fourth-order valence-electron chi connectivity index (χ4n) is 16.9. The number of hydrogen-bond acceptors (Lipinski definition) is 12. The fraction of sp³-hybridized carbons (Fsp3) is 0.154. The maximum Gasteiger partial charge on any atom is 1.00 e. The minimum Gasteiger partial charge on any atom is -0.762 e. The third kappa shape index (κ3) is 26.4. The average Bonchev–Trinajstić information content (AvgIpc) is 1.61. The van der Waals surface area contributed by atoms with E-state index in [0.717, 1.165) is 96.9 Å². The first-order valence-corrected chi connectivity index (χ1v) is 49.6. The van der Waals surface area contributed by atoms with Gasteiger partial charge in [0.25, 0.3) is 0 Å². The summed E-state index contributed by atoms with van der Waals surface area (Å²) in [5.41, 5.74) is 20.6. The van der Waals surface area contributed by atoms with Crippen molar-refractivity contribution in [3.8, 4) is 133 Å². The van der Waals surface area contributed by atoms with Gasteiger partial charge in [-0.25, -0.2) is 11.7 Å². The maximum absolute atomic E-state index is 10.7. The van der Waals surface area contributed by atoms with E-state index in [1.807, 2.05) is 98.1 Å². The summed E-state index contributed by atoms with van der Waals surface area (Å²) in [5.74, 6) is 2.79. The molecular weight excluding hydrogens is 1970 g/mol. The summed E-state index contributed by atoms with van der Waals surface area (Å²) in [4.78, 5) is 38.1. The molecule has 0 aliphatic heterocycles. The molecule has 29 heteroatoms. The summed E-state index contributed by atoms with van der Waals surface area (Å²) in [6.07, 6.45) is 34.7.